The van der Waals surface area contributed by atoms with E-state index in [4.69, 9.17) is 0 Å². The maximum atomic E-state index is 12.2. The minimum Gasteiger partial charge on any atom is -0.465 e. The van der Waals surface area contributed by atoms with Crippen LogP contribution in [0, 0.1) is 10.1 Å². The molecule has 2 heterocycles. The van der Waals surface area contributed by atoms with Crippen molar-refractivity contribution in [3.8, 4) is 0 Å². The fourth-order valence-corrected chi connectivity index (χ4v) is 2.73. The average Bonchev–Trinajstić information content (AvgIpc) is 2.86. The van der Waals surface area contributed by atoms with Crippen molar-refractivity contribution in [1.29, 1.82) is 0 Å². The number of amides is 1. The Hall–Kier alpha value is -5.14. The van der Waals surface area contributed by atoms with E-state index in [1.807, 2.05) is 0 Å². The summed E-state index contributed by atoms with van der Waals surface area (Å²) >= 11 is 0. The molecular formula is C20H17N7O7. The number of methoxy groups -OCH3 is 2. The Balaban J connectivity index is 1.93. The fraction of sp³-hybridized carbons (Fsp3) is 0.100. The van der Waals surface area contributed by atoms with E-state index in [1.54, 1.807) is 6.07 Å². The number of hydrogen-bond acceptors (Lipinski definition) is 12. The minimum absolute atomic E-state index is 0.00769. The molecule has 1 aromatic carbocycles. The summed E-state index contributed by atoms with van der Waals surface area (Å²) in [5.41, 5.74) is 4.37. The van der Waals surface area contributed by atoms with Gasteiger partial charge in [-0.3, -0.25) is 30.7 Å². The van der Waals surface area contributed by atoms with Crippen LogP contribution in [0.25, 0.3) is 0 Å². The van der Waals surface area contributed by atoms with Crippen LogP contribution in [0.3, 0.4) is 0 Å². The van der Waals surface area contributed by atoms with Crippen LogP contribution in [0.4, 0.5) is 23.0 Å². The maximum absolute atomic E-state index is 12.2. The van der Waals surface area contributed by atoms with Crippen molar-refractivity contribution in [2.45, 2.75) is 0 Å². The van der Waals surface area contributed by atoms with Crippen molar-refractivity contribution in [3.05, 3.63) is 75.9 Å². The minimum atomic E-state index is -0.772. The number of nitro groups is 1. The van der Waals surface area contributed by atoms with Gasteiger partial charge in [0.1, 0.15) is 6.33 Å². The van der Waals surface area contributed by atoms with Gasteiger partial charge in [-0.1, -0.05) is 0 Å². The van der Waals surface area contributed by atoms with Crippen molar-refractivity contribution in [3.63, 3.8) is 0 Å². The number of nitrogens with one attached hydrogen (secondary N) is 3. The first-order chi connectivity index (χ1) is 16.3. The SMILES string of the molecule is COC(=O)c1cc(Nc2ncnc(NNC(=O)c3cccnc3)c2[N+](=O)[O-])cc(C(=O)OC)c1. The van der Waals surface area contributed by atoms with Gasteiger partial charge < -0.3 is 14.8 Å². The number of pyridine rings is 1. The van der Waals surface area contributed by atoms with Gasteiger partial charge in [0, 0.05) is 18.1 Å². The van der Waals surface area contributed by atoms with Gasteiger partial charge in [-0.25, -0.2) is 19.6 Å². The molecule has 0 aliphatic rings. The Morgan fingerprint density at radius 1 is 0.971 bits per heavy atom. The van der Waals surface area contributed by atoms with Crippen LogP contribution >= 0.6 is 0 Å². The highest BCUT2D eigenvalue weighted by Gasteiger charge is 2.24. The molecular weight excluding hydrogens is 450 g/mol. The largest absolute Gasteiger partial charge is 0.465 e. The molecule has 0 unspecified atom stereocenters. The number of rotatable bonds is 8. The average molecular weight is 467 g/mol. The molecule has 3 aromatic rings. The molecule has 0 radical (unpaired) electrons. The van der Waals surface area contributed by atoms with E-state index < -0.39 is 28.5 Å². The van der Waals surface area contributed by atoms with E-state index in [9.17, 15) is 24.5 Å². The first-order valence-electron chi connectivity index (χ1n) is 9.38. The van der Waals surface area contributed by atoms with E-state index in [1.165, 1.54) is 36.7 Å². The zero-order chi connectivity index (χ0) is 24.7. The predicted molar refractivity (Wildman–Crippen MR) is 116 cm³/mol. The Morgan fingerprint density at radius 3 is 2.18 bits per heavy atom. The second-order valence-electron chi connectivity index (χ2n) is 6.40. The molecule has 0 aliphatic carbocycles. The molecule has 2 aromatic heterocycles. The zero-order valence-corrected chi connectivity index (χ0v) is 17.8. The highest BCUT2D eigenvalue weighted by atomic mass is 16.6. The van der Waals surface area contributed by atoms with Gasteiger partial charge in [-0.05, 0) is 30.3 Å². The first-order valence-corrected chi connectivity index (χ1v) is 9.38. The number of benzene rings is 1. The normalized spacial score (nSPS) is 10.1. The molecule has 174 valence electrons. The number of esters is 2. The summed E-state index contributed by atoms with van der Waals surface area (Å²) in [5, 5.41) is 14.4. The lowest BCUT2D eigenvalue weighted by Gasteiger charge is -2.12. The molecule has 0 fully saturated rings. The number of nitrogens with zero attached hydrogens (tertiary/aromatic N) is 4. The molecule has 0 spiro atoms. The van der Waals surface area contributed by atoms with Gasteiger partial charge in [0.15, 0.2) is 0 Å². The third kappa shape index (κ3) is 5.37. The van der Waals surface area contributed by atoms with Gasteiger partial charge in [-0.2, -0.15) is 0 Å². The molecule has 0 saturated heterocycles. The van der Waals surface area contributed by atoms with E-state index in [0.717, 1.165) is 20.5 Å². The first kappa shape index (κ1) is 23.5. The number of aromatic nitrogens is 3. The van der Waals surface area contributed by atoms with Crippen molar-refractivity contribution >= 4 is 40.9 Å². The van der Waals surface area contributed by atoms with Gasteiger partial charge in [0.05, 0.1) is 35.8 Å². The maximum Gasteiger partial charge on any atom is 0.355 e. The molecule has 34 heavy (non-hydrogen) atoms. The standard InChI is InChI=1S/C20H17N7O7/c1-33-19(29)12-6-13(20(30)34-2)8-14(7-12)24-16-15(27(31)32)17(23-10-22-16)25-26-18(28)11-4-3-5-21-9-11/h3-10H,1-2H3,(H,26,28)(H2,22,23,24,25). The van der Waals surface area contributed by atoms with Gasteiger partial charge in [-0.15, -0.1) is 0 Å². The van der Waals surface area contributed by atoms with Crippen LogP contribution in [-0.4, -0.2) is 51.9 Å². The number of ether oxygens (including phenoxy) is 2. The van der Waals surface area contributed by atoms with Crippen LogP contribution in [0.5, 0.6) is 0 Å². The van der Waals surface area contributed by atoms with Crippen LogP contribution in [0.1, 0.15) is 31.1 Å². The van der Waals surface area contributed by atoms with Crippen molar-refractivity contribution in [1.82, 2.24) is 20.4 Å². The Bertz CT molecular complexity index is 1220. The van der Waals surface area contributed by atoms with E-state index in [0.29, 0.717) is 0 Å². The highest BCUT2D eigenvalue weighted by Crippen LogP contribution is 2.31. The molecule has 0 atom stereocenters. The lowest BCUT2D eigenvalue weighted by molar-refractivity contribution is -0.383. The summed E-state index contributed by atoms with van der Waals surface area (Å²) in [7, 11) is 2.32. The number of carbonyl (C=O) groups is 3. The summed E-state index contributed by atoms with van der Waals surface area (Å²) in [6, 6.07) is 6.91. The highest BCUT2D eigenvalue weighted by molar-refractivity contribution is 5.97. The van der Waals surface area contributed by atoms with Crippen LogP contribution in [0.2, 0.25) is 0 Å². The number of hydrogen-bond donors (Lipinski definition) is 3. The molecule has 14 heteroatoms. The molecule has 0 bridgehead atoms. The number of hydrazine groups is 1. The number of anilines is 3. The van der Waals surface area contributed by atoms with Crippen LogP contribution in [0.15, 0.2) is 49.1 Å². The summed E-state index contributed by atoms with van der Waals surface area (Å²) in [6.07, 6.45) is 3.81. The summed E-state index contributed by atoms with van der Waals surface area (Å²) in [6.45, 7) is 0. The topological polar surface area (TPSA) is 188 Å². The van der Waals surface area contributed by atoms with Gasteiger partial charge >= 0.3 is 17.6 Å². The molecule has 14 nitrogen and oxygen atoms in total. The van der Waals surface area contributed by atoms with Crippen LogP contribution in [-0.2, 0) is 9.47 Å². The quantitative estimate of drug-likeness (QED) is 0.248. The van der Waals surface area contributed by atoms with Crippen molar-refractivity contribution in [2.24, 2.45) is 0 Å². The lowest BCUT2D eigenvalue weighted by atomic mass is 10.1. The Morgan fingerprint density at radius 2 is 1.62 bits per heavy atom. The molecule has 3 rings (SSSR count). The van der Waals surface area contributed by atoms with E-state index in [2.05, 4.69) is 40.6 Å². The summed E-state index contributed by atoms with van der Waals surface area (Å²) in [4.78, 5) is 58.7. The van der Waals surface area contributed by atoms with Crippen molar-refractivity contribution in [2.75, 3.05) is 25.0 Å². The molecule has 3 N–H and O–H groups in total. The summed E-state index contributed by atoms with van der Waals surface area (Å²) in [5.74, 6) is -2.70. The molecule has 1 amide bonds. The second kappa shape index (κ2) is 10.4. The van der Waals surface area contributed by atoms with Gasteiger partial charge in [0.2, 0.25) is 11.6 Å². The monoisotopic (exact) mass is 467 g/mol. The third-order valence-corrected chi connectivity index (χ3v) is 4.26. The van der Waals surface area contributed by atoms with Gasteiger partial charge in [0.25, 0.3) is 5.91 Å². The van der Waals surface area contributed by atoms with Crippen LogP contribution < -0.4 is 16.2 Å². The summed E-state index contributed by atoms with van der Waals surface area (Å²) < 4.78 is 9.35. The predicted octanol–water partition coefficient (Wildman–Crippen LogP) is 1.85. The van der Waals surface area contributed by atoms with E-state index >= 15 is 0 Å². The Labute approximate surface area is 191 Å². The third-order valence-electron chi connectivity index (χ3n) is 4.26. The Kier molecular flexibility index (Phi) is 7.23. The molecule has 0 saturated carbocycles. The second-order valence-corrected chi connectivity index (χ2v) is 6.40. The van der Waals surface area contributed by atoms with E-state index in [-0.39, 0.29) is 34.0 Å². The number of carbonyl (C=O) groups excluding carboxylic acids is 3. The smallest absolute Gasteiger partial charge is 0.355 e. The zero-order valence-electron chi connectivity index (χ0n) is 17.8. The van der Waals surface area contributed by atoms with Crippen molar-refractivity contribution < 1.29 is 28.8 Å². The molecule has 0 aliphatic heterocycles. The fourth-order valence-electron chi connectivity index (χ4n) is 2.73. The lowest BCUT2D eigenvalue weighted by Crippen LogP contribution is -2.30.